The van der Waals surface area contributed by atoms with Gasteiger partial charge in [0.1, 0.15) is 16.6 Å². The molecule has 1 atom stereocenters. The zero-order valence-corrected chi connectivity index (χ0v) is 24.7. The van der Waals surface area contributed by atoms with E-state index in [2.05, 4.69) is 22.3 Å². The predicted octanol–water partition coefficient (Wildman–Crippen LogP) is 3.67. The molecule has 2 aromatic heterocycles. The maximum atomic E-state index is 13.2. The summed E-state index contributed by atoms with van der Waals surface area (Å²) < 4.78 is 39.2. The Hall–Kier alpha value is -3.00. The number of carbonyl (C=O) groups is 1. The molecular formula is C29H36N4O6S2. The van der Waals surface area contributed by atoms with E-state index in [1.807, 2.05) is 30.3 Å². The SMILES string of the molecule is CN1CCN(CCOc2ccc(-c3ccc(S(=O)(=O)n4ccc(/C=C/C(=O)NOC5CCCCO5)c4)s3)cc2)CC1. The number of aromatic nitrogens is 1. The van der Waals surface area contributed by atoms with Crippen LogP contribution in [0.25, 0.3) is 16.5 Å². The molecule has 4 heterocycles. The van der Waals surface area contributed by atoms with E-state index in [9.17, 15) is 13.2 Å². The van der Waals surface area contributed by atoms with Crippen LogP contribution in [0.4, 0.5) is 0 Å². The number of likely N-dealkylation sites (N-methyl/N-ethyl adjacent to an activating group) is 1. The number of nitrogens with zero attached hydrogens (tertiary/aromatic N) is 3. The Morgan fingerprint density at radius 3 is 2.66 bits per heavy atom. The molecule has 5 rings (SSSR count). The highest BCUT2D eigenvalue weighted by molar-refractivity contribution is 7.92. The predicted molar refractivity (Wildman–Crippen MR) is 158 cm³/mol. The van der Waals surface area contributed by atoms with Gasteiger partial charge in [-0.1, -0.05) is 0 Å². The third-order valence-corrected chi connectivity index (χ3v) is 10.3. The lowest BCUT2D eigenvalue weighted by Gasteiger charge is -2.32. The molecule has 3 aromatic rings. The quantitative estimate of drug-likeness (QED) is 0.263. The molecule has 2 aliphatic rings. The minimum atomic E-state index is -3.78. The number of hydrogen-bond acceptors (Lipinski definition) is 9. The number of thiophene rings is 1. The highest BCUT2D eigenvalue weighted by Gasteiger charge is 2.20. The molecule has 0 saturated carbocycles. The smallest absolute Gasteiger partial charge is 0.277 e. The number of piperazine rings is 1. The van der Waals surface area contributed by atoms with Crippen LogP contribution < -0.4 is 10.2 Å². The average molecular weight is 601 g/mol. The lowest BCUT2D eigenvalue weighted by molar-refractivity contribution is -0.198. The second kappa shape index (κ2) is 13.8. The number of ether oxygens (including phenoxy) is 2. The minimum absolute atomic E-state index is 0.227. The van der Waals surface area contributed by atoms with E-state index in [1.165, 1.54) is 35.9 Å². The van der Waals surface area contributed by atoms with Crippen molar-refractivity contribution in [3.8, 4) is 16.2 Å². The second-order valence-corrected chi connectivity index (χ2v) is 13.3. The Morgan fingerprint density at radius 1 is 1.10 bits per heavy atom. The Morgan fingerprint density at radius 2 is 1.90 bits per heavy atom. The van der Waals surface area contributed by atoms with Gasteiger partial charge in [-0.25, -0.2) is 14.3 Å². The first-order chi connectivity index (χ1) is 19.9. The van der Waals surface area contributed by atoms with Crippen LogP contribution in [0.5, 0.6) is 5.75 Å². The van der Waals surface area contributed by atoms with Crippen LogP contribution >= 0.6 is 11.3 Å². The van der Waals surface area contributed by atoms with E-state index in [0.29, 0.717) is 18.8 Å². The molecule has 0 radical (unpaired) electrons. The Balaban J connectivity index is 1.13. The monoisotopic (exact) mass is 600 g/mol. The molecule has 0 spiro atoms. The summed E-state index contributed by atoms with van der Waals surface area (Å²) in [6, 6.07) is 12.8. The van der Waals surface area contributed by atoms with Crippen molar-refractivity contribution in [2.75, 3.05) is 53.0 Å². The van der Waals surface area contributed by atoms with Gasteiger partial charge in [-0.15, -0.1) is 11.3 Å². The highest BCUT2D eigenvalue weighted by atomic mass is 32.2. The van der Waals surface area contributed by atoms with Crippen LogP contribution in [0, 0.1) is 0 Å². The summed E-state index contributed by atoms with van der Waals surface area (Å²) in [6.45, 7) is 6.44. The lowest BCUT2D eigenvalue weighted by atomic mass is 10.2. The molecule has 0 bridgehead atoms. The Labute approximate surface area is 245 Å². The number of amides is 1. The molecule has 2 fully saturated rings. The number of nitrogens with one attached hydrogen (secondary N) is 1. The van der Waals surface area contributed by atoms with Gasteiger partial charge < -0.3 is 14.4 Å². The van der Waals surface area contributed by atoms with Crippen LogP contribution in [0.2, 0.25) is 0 Å². The first-order valence-electron chi connectivity index (χ1n) is 13.8. The van der Waals surface area contributed by atoms with Crippen molar-refractivity contribution in [2.24, 2.45) is 0 Å². The summed E-state index contributed by atoms with van der Waals surface area (Å²) in [5, 5.41) is 0. The number of rotatable bonds is 11. The molecule has 0 aliphatic carbocycles. The van der Waals surface area contributed by atoms with Crippen LogP contribution in [0.3, 0.4) is 0 Å². The molecule has 10 nitrogen and oxygen atoms in total. The molecule has 1 aromatic carbocycles. The maximum absolute atomic E-state index is 13.2. The van der Waals surface area contributed by atoms with Gasteiger partial charge in [-0.05, 0) is 79.6 Å². The van der Waals surface area contributed by atoms with Crippen molar-refractivity contribution in [2.45, 2.75) is 29.8 Å². The summed E-state index contributed by atoms with van der Waals surface area (Å²) in [5.74, 6) is 0.340. The van der Waals surface area contributed by atoms with Gasteiger partial charge in [0.2, 0.25) is 0 Å². The average Bonchev–Trinajstić information content (AvgIpc) is 3.69. The summed E-state index contributed by atoms with van der Waals surface area (Å²) in [5.41, 5.74) is 3.84. The summed E-state index contributed by atoms with van der Waals surface area (Å²) >= 11 is 1.21. The molecule has 41 heavy (non-hydrogen) atoms. The third-order valence-electron chi connectivity index (χ3n) is 7.07. The molecule has 1 unspecified atom stereocenters. The van der Waals surface area contributed by atoms with E-state index in [-0.39, 0.29) is 4.21 Å². The van der Waals surface area contributed by atoms with Crippen molar-refractivity contribution < 1.29 is 27.5 Å². The van der Waals surface area contributed by atoms with Crippen LogP contribution in [0.1, 0.15) is 24.8 Å². The van der Waals surface area contributed by atoms with Crippen LogP contribution in [-0.4, -0.2) is 87.4 Å². The number of carbonyl (C=O) groups excluding carboxylic acids is 1. The van der Waals surface area contributed by atoms with E-state index >= 15 is 0 Å². The van der Waals surface area contributed by atoms with Gasteiger partial charge >= 0.3 is 0 Å². The fourth-order valence-electron chi connectivity index (χ4n) is 4.57. The molecule has 220 valence electrons. The zero-order chi connectivity index (χ0) is 28.7. The normalized spacial score (nSPS) is 19.0. The summed E-state index contributed by atoms with van der Waals surface area (Å²) in [6.07, 6.45) is 8.02. The fourth-order valence-corrected chi connectivity index (χ4v) is 7.19. The van der Waals surface area contributed by atoms with E-state index in [0.717, 1.165) is 72.1 Å². The first-order valence-corrected chi connectivity index (χ1v) is 16.1. The van der Waals surface area contributed by atoms with Crippen LogP contribution in [0.15, 0.2) is 65.1 Å². The van der Waals surface area contributed by atoms with Crippen molar-refractivity contribution >= 4 is 33.3 Å². The molecule has 1 amide bonds. The topological polar surface area (TPSA) is 102 Å². The lowest BCUT2D eigenvalue weighted by Crippen LogP contribution is -2.45. The van der Waals surface area contributed by atoms with Crippen molar-refractivity contribution in [3.63, 3.8) is 0 Å². The minimum Gasteiger partial charge on any atom is -0.492 e. The van der Waals surface area contributed by atoms with Gasteiger partial charge in [-0.3, -0.25) is 9.69 Å². The molecule has 12 heteroatoms. The van der Waals surface area contributed by atoms with Gasteiger partial charge in [-0.2, -0.15) is 8.42 Å². The zero-order valence-electron chi connectivity index (χ0n) is 23.1. The van der Waals surface area contributed by atoms with Gasteiger partial charge in [0.15, 0.2) is 6.29 Å². The van der Waals surface area contributed by atoms with E-state index in [1.54, 1.807) is 12.1 Å². The van der Waals surface area contributed by atoms with Gasteiger partial charge in [0, 0.05) is 69.1 Å². The Bertz CT molecular complexity index is 1420. The summed E-state index contributed by atoms with van der Waals surface area (Å²) in [4.78, 5) is 22.9. The standard InChI is InChI=1S/C29H36N4O6S2/c1-31-15-17-32(18-16-31)19-21-37-25-8-6-24(7-9-25)26-10-12-29(40-26)41(35,36)33-14-13-23(22-33)5-11-27(34)30-39-28-4-2-3-20-38-28/h5-14,22,28H,2-4,15-21H2,1H3,(H,30,34)/b11-5+. The third kappa shape index (κ3) is 8.06. The number of hydrogen-bond donors (Lipinski definition) is 1. The largest absolute Gasteiger partial charge is 0.492 e. The number of hydroxylamine groups is 1. The van der Waals surface area contributed by atoms with Gasteiger partial charge in [0.05, 0.1) is 0 Å². The molecule has 2 saturated heterocycles. The Kier molecular flexibility index (Phi) is 9.91. The number of benzene rings is 1. The maximum Gasteiger partial charge on any atom is 0.277 e. The molecular weight excluding hydrogens is 564 g/mol. The van der Waals surface area contributed by atoms with Crippen LogP contribution in [-0.2, 0) is 24.4 Å². The fraction of sp³-hybridized carbons (Fsp3) is 0.414. The highest BCUT2D eigenvalue weighted by Crippen LogP contribution is 2.33. The summed E-state index contributed by atoms with van der Waals surface area (Å²) in [7, 11) is -1.63. The first kappa shape index (κ1) is 29.5. The molecule has 2 aliphatic heterocycles. The van der Waals surface area contributed by atoms with Crippen molar-refractivity contribution in [1.29, 1.82) is 0 Å². The van der Waals surface area contributed by atoms with Crippen molar-refractivity contribution in [1.82, 2.24) is 19.3 Å². The van der Waals surface area contributed by atoms with Gasteiger partial charge in [0.25, 0.3) is 15.9 Å². The van der Waals surface area contributed by atoms with Crippen molar-refractivity contribution in [3.05, 3.63) is 66.5 Å². The second-order valence-electron chi connectivity index (χ2n) is 10.1. The molecule has 1 N–H and O–H groups in total. The van der Waals surface area contributed by atoms with E-state index in [4.69, 9.17) is 14.3 Å². The van der Waals surface area contributed by atoms with E-state index < -0.39 is 22.2 Å².